The molecule has 4 rings (SSSR count). The number of amides is 2. The van der Waals surface area contributed by atoms with Gasteiger partial charge >= 0.3 is 0 Å². The molecular weight excluding hydrogens is 408 g/mol. The van der Waals surface area contributed by atoms with Crippen molar-refractivity contribution >= 4 is 17.5 Å². The molecule has 0 saturated heterocycles. The van der Waals surface area contributed by atoms with E-state index >= 15 is 0 Å². The highest BCUT2D eigenvalue weighted by Crippen LogP contribution is 2.19. The Bertz CT molecular complexity index is 1180. The van der Waals surface area contributed by atoms with Crippen molar-refractivity contribution in [1.29, 1.82) is 0 Å². The number of rotatable bonds is 8. The molecule has 0 bridgehead atoms. The van der Waals surface area contributed by atoms with E-state index in [9.17, 15) is 9.59 Å². The Labute approximate surface area is 184 Å². The normalized spacial score (nSPS) is 10.4. The number of nitrogens with zero attached hydrogens (tertiary/aromatic N) is 2. The zero-order valence-corrected chi connectivity index (χ0v) is 17.0. The number of carbonyl (C=O) groups is 2. The van der Waals surface area contributed by atoms with E-state index < -0.39 is 0 Å². The lowest BCUT2D eigenvalue weighted by molar-refractivity contribution is -0.115. The number of ether oxygens (including phenoxy) is 1. The first-order chi connectivity index (χ1) is 15.7. The van der Waals surface area contributed by atoms with Crippen molar-refractivity contribution in [2.75, 3.05) is 11.9 Å². The number of hydrogen-bond acceptors (Lipinski definition) is 6. The van der Waals surface area contributed by atoms with Crippen LogP contribution in [-0.2, 0) is 11.4 Å². The summed E-state index contributed by atoms with van der Waals surface area (Å²) in [6.07, 6.45) is 0. The highest BCUT2D eigenvalue weighted by Gasteiger charge is 2.10. The van der Waals surface area contributed by atoms with Gasteiger partial charge in [-0.05, 0) is 48.5 Å². The van der Waals surface area contributed by atoms with Crippen LogP contribution in [0.3, 0.4) is 0 Å². The molecule has 4 aromatic rings. The first kappa shape index (κ1) is 20.8. The fourth-order valence-electron chi connectivity index (χ4n) is 2.85. The maximum atomic E-state index is 12.1. The maximum absolute atomic E-state index is 12.1. The van der Waals surface area contributed by atoms with Crippen LogP contribution in [0.5, 0.6) is 5.75 Å². The summed E-state index contributed by atoms with van der Waals surface area (Å²) in [4.78, 5) is 24.1. The van der Waals surface area contributed by atoms with Crippen LogP contribution in [0.1, 0.15) is 16.2 Å². The summed E-state index contributed by atoms with van der Waals surface area (Å²) >= 11 is 0. The molecule has 0 saturated carbocycles. The van der Waals surface area contributed by atoms with Crippen LogP contribution in [0.25, 0.3) is 11.5 Å². The van der Waals surface area contributed by atoms with Crippen molar-refractivity contribution in [2.24, 2.45) is 0 Å². The average Bonchev–Trinajstić information content (AvgIpc) is 3.32. The number of hydrogen-bond donors (Lipinski definition) is 2. The number of aromatic nitrogens is 2. The van der Waals surface area contributed by atoms with Gasteiger partial charge in [0.15, 0.2) is 6.61 Å². The van der Waals surface area contributed by atoms with Gasteiger partial charge in [0, 0.05) is 16.8 Å². The average molecular weight is 428 g/mol. The van der Waals surface area contributed by atoms with Crippen LogP contribution in [0, 0.1) is 0 Å². The molecule has 0 radical (unpaired) electrons. The SMILES string of the molecule is O=C(CNC(=O)c1ccccc1)Nc1ccc(OCc2nnc(-c3ccccc3)o2)cc1. The molecule has 8 nitrogen and oxygen atoms in total. The van der Waals surface area contributed by atoms with E-state index in [4.69, 9.17) is 9.15 Å². The fraction of sp³-hybridized carbons (Fsp3) is 0.0833. The summed E-state index contributed by atoms with van der Waals surface area (Å²) in [5.74, 6) is 0.736. The van der Waals surface area contributed by atoms with E-state index in [1.165, 1.54) is 0 Å². The first-order valence-electron chi connectivity index (χ1n) is 9.91. The maximum Gasteiger partial charge on any atom is 0.254 e. The van der Waals surface area contributed by atoms with Gasteiger partial charge in [0.05, 0.1) is 6.54 Å². The molecule has 0 spiro atoms. The Morgan fingerprint density at radius 2 is 1.53 bits per heavy atom. The zero-order chi connectivity index (χ0) is 22.2. The Balaban J connectivity index is 1.24. The Morgan fingerprint density at radius 3 is 2.25 bits per heavy atom. The van der Waals surface area contributed by atoms with E-state index in [2.05, 4.69) is 20.8 Å². The lowest BCUT2D eigenvalue weighted by atomic mass is 10.2. The third-order valence-corrected chi connectivity index (χ3v) is 4.43. The number of benzene rings is 3. The summed E-state index contributed by atoms with van der Waals surface area (Å²) in [6, 6.07) is 25.0. The minimum Gasteiger partial charge on any atom is -0.484 e. The second-order valence-electron chi connectivity index (χ2n) is 6.78. The summed E-state index contributed by atoms with van der Waals surface area (Å²) in [5, 5.41) is 13.3. The van der Waals surface area contributed by atoms with Crippen LogP contribution >= 0.6 is 0 Å². The van der Waals surface area contributed by atoms with Crippen molar-refractivity contribution < 1.29 is 18.7 Å². The Morgan fingerprint density at radius 1 is 0.844 bits per heavy atom. The van der Waals surface area contributed by atoms with Crippen LogP contribution in [-0.4, -0.2) is 28.6 Å². The molecule has 1 aromatic heterocycles. The molecule has 2 amide bonds. The second-order valence-corrected chi connectivity index (χ2v) is 6.78. The van der Waals surface area contributed by atoms with Gasteiger partial charge in [-0.1, -0.05) is 36.4 Å². The van der Waals surface area contributed by atoms with E-state index in [0.29, 0.717) is 28.8 Å². The van der Waals surface area contributed by atoms with Gasteiger partial charge in [0.1, 0.15) is 5.75 Å². The largest absolute Gasteiger partial charge is 0.484 e. The first-order valence-corrected chi connectivity index (χ1v) is 9.91. The molecule has 2 N–H and O–H groups in total. The number of carbonyl (C=O) groups excluding carboxylic acids is 2. The zero-order valence-electron chi connectivity index (χ0n) is 17.0. The van der Waals surface area contributed by atoms with E-state index in [1.807, 2.05) is 36.4 Å². The number of nitrogens with one attached hydrogen (secondary N) is 2. The minimum absolute atomic E-state index is 0.122. The summed E-state index contributed by atoms with van der Waals surface area (Å²) in [6.45, 7) is -0.00997. The molecule has 160 valence electrons. The van der Waals surface area contributed by atoms with Crippen molar-refractivity contribution in [1.82, 2.24) is 15.5 Å². The van der Waals surface area contributed by atoms with Gasteiger partial charge in [-0.2, -0.15) is 0 Å². The second kappa shape index (κ2) is 10.0. The lowest BCUT2D eigenvalue weighted by Crippen LogP contribution is -2.32. The van der Waals surface area contributed by atoms with E-state index in [1.54, 1.807) is 48.5 Å². The quantitative estimate of drug-likeness (QED) is 0.443. The third-order valence-electron chi connectivity index (χ3n) is 4.43. The van der Waals surface area contributed by atoms with Crippen molar-refractivity contribution in [3.8, 4) is 17.2 Å². The van der Waals surface area contributed by atoms with Gasteiger partial charge in [0.25, 0.3) is 11.8 Å². The molecule has 0 aliphatic rings. The molecule has 0 unspecified atom stereocenters. The van der Waals surface area contributed by atoms with Crippen LogP contribution < -0.4 is 15.4 Å². The lowest BCUT2D eigenvalue weighted by Gasteiger charge is -2.08. The summed E-state index contributed by atoms with van der Waals surface area (Å²) in [5.41, 5.74) is 1.92. The summed E-state index contributed by atoms with van der Waals surface area (Å²) in [7, 11) is 0. The van der Waals surface area contributed by atoms with Gasteiger partial charge in [0.2, 0.25) is 11.8 Å². The van der Waals surface area contributed by atoms with Crippen molar-refractivity contribution in [2.45, 2.75) is 6.61 Å². The molecular formula is C24H20N4O4. The molecule has 0 aliphatic carbocycles. The van der Waals surface area contributed by atoms with Crippen LogP contribution in [0.2, 0.25) is 0 Å². The van der Waals surface area contributed by atoms with Gasteiger partial charge < -0.3 is 19.8 Å². The summed E-state index contributed by atoms with van der Waals surface area (Å²) < 4.78 is 11.3. The highest BCUT2D eigenvalue weighted by molar-refractivity contribution is 5.99. The molecule has 32 heavy (non-hydrogen) atoms. The van der Waals surface area contributed by atoms with Gasteiger partial charge in [-0.15, -0.1) is 10.2 Å². The van der Waals surface area contributed by atoms with Gasteiger partial charge in [-0.25, -0.2) is 0 Å². The van der Waals surface area contributed by atoms with Crippen molar-refractivity contribution in [3.63, 3.8) is 0 Å². The molecule has 0 fully saturated rings. The topological polar surface area (TPSA) is 106 Å². The molecule has 8 heteroatoms. The van der Waals surface area contributed by atoms with E-state index in [-0.39, 0.29) is 25.0 Å². The standard InChI is InChI=1S/C24H20N4O4/c29-21(15-25-23(30)17-7-3-1-4-8-17)26-19-11-13-20(14-12-19)31-16-22-27-28-24(32-22)18-9-5-2-6-10-18/h1-14H,15-16H2,(H,25,30)(H,26,29). The predicted molar refractivity (Wildman–Crippen MR) is 118 cm³/mol. The molecule has 0 aliphatic heterocycles. The monoisotopic (exact) mass is 428 g/mol. The van der Waals surface area contributed by atoms with Gasteiger partial charge in [-0.3, -0.25) is 9.59 Å². The predicted octanol–water partition coefficient (Wildman–Crippen LogP) is 3.68. The molecule has 1 heterocycles. The molecule has 3 aromatic carbocycles. The fourth-order valence-corrected chi connectivity index (χ4v) is 2.85. The highest BCUT2D eigenvalue weighted by atomic mass is 16.5. The smallest absolute Gasteiger partial charge is 0.254 e. The molecule has 0 atom stereocenters. The Hall–Kier alpha value is -4.46. The van der Waals surface area contributed by atoms with Crippen molar-refractivity contribution in [3.05, 3.63) is 96.4 Å². The van der Waals surface area contributed by atoms with Crippen LogP contribution in [0.15, 0.2) is 89.3 Å². The van der Waals surface area contributed by atoms with Crippen LogP contribution in [0.4, 0.5) is 5.69 Å². The van der Waals surface area contributed by atoms with E-state index in [0.717, 1.165) is 5.56 Å². The minimum atomic E-state index is -0.331. The number of anilines is 1. The Kier molecular flexibility index (Phi) is 6.52. The third kappa shape index (κ3) is 5.57.